The van der Waals surface area contributed by atoms with Gasteiger partial charge in [0, 0.05) is 23.6 Å². The molecular weight excluding hydrogens is 240 g/mol. The maximum Gasteiger partial charge on any atom is 0.311 e. The number of methoxy groups -OCH3 is 1. The molecule has 0 spiro atoms. The van der Waals surface area contributed by atoms with Crippen LogP contribution in [0.2, 0.25) is 0 Å². The zero-order valence-corrected chi connectivity index (χ0v) is 10.7. The number of hydrogen-bond acceptors (Lipinski definition) is 5. The van der Waals surface area contributed by atoms with Gasteiger partial charge < -0.3 is 10.5 Å². The summed E-state index contributed by atoms with van der Waals surface area (Å²) >= 11 is 1.66. The lowest BCUT2D eigenvalue weighted by atomic mass is 10.2. The van der Waals surface area contributed by atoms with Crippen molar-refractivity contribution >= 4 is 17.4 Å². The zero-order chi connectivity index (χ0) is 12.8. The summed E-state index contributed by atoms with van der Waals surface area (Å²) in [7, 11) is 1.42. The van der Waals surface area contributed by atoms with Crippen LogP contribution in [0.25, 0.3) is 0 Å². The van der Waals surface area contributed by atoms with E-state index in [2.05, 4.69) is 0 Å². The first-order chi connectivity index (χ1) is 8.04. The molecule has 6 heteroatoms. The minimum Gasteiger partial charge on any atom is -0.490 e. The zero-order valence-electron chi connectivity index (χ0n) is 9.88. The topological polar surface area (TPSA) is 78.4 Å². The molecule has 0 saturated heterocycles. The molecule has 2 N–H and O–H groups in total. The Bertz CT molecular complexity index is 396. The van der Waals surface area contributed by atoms with Gasteiger partial charge in [0.2, 0.25) is 0 Å². The third-order valence-electron chi connectivity index (χ3n) is 2.09. The lowest BCUT2D eigenvalue weighted by Gasteiger charge is -2.06. The standard InChI is InChI=1S/C11H16N2O3S/c1-8(12)6-17-7-9-3-4-11(16-2)10(5-9)13(14)15/h3-5,8H,6-7,12H2,1-2H3. The van der Waals surface area contributed by atoms with Gasteiger partial charge in [0.25, 0.3) is 0 Å². The van der Waals surface area contributed by atoms with E-state index >= 15 is 0 Å². The summed E-state index contributed by atoms with van der Waals surface area (Å²) in [5.74, 6) is 1.84. The SMILES string of the molecule is COc1ccc(CSCC(C)N)cc1[N+](=O)[O-]. The van der Waals surface area contributed by atoms with Crippen LogP contribution >= 0.6 is 11.8 Å². The van der Waals surface area contributed by atoms with Crippen LogP contribution in [-0.2, 0) is 5.75 Å². The lowest BCUT2D eigenvalue weighted by Crippen LogP contribution is -2.17. The van der Waals surface area contributed by atoms with Crippen LogP contribution in [0, 0.1) is 10.1 Å². The van der Waals surface area contributed by atoms with Gasteiger partial charge >= 0.3 is 5.69 Å². The Hall–Kier alpha value is -1.27. The molecule has 94 valence electrons. The molecular formula is C11H16N2O3S. The quantitative estimate of drug-likeness (QED) is 0.623. The number of nitro benzene ring substituents is 1. The number of benzene rings is 1. The average molecular weight is 256 g/mol. The molecule has 1 aromatic carbocycles. The fourth-order valence-electron chi connectivity index (χ4n) is 1.33. The normalized spacial score (nSPS) is 12.2. The highest BCUT2D eigenvalue weighted by atomic mass is 32.2. The van der Waals surface area contributed by atoms with Crippen molar-refractivity contribution < 1.29 is 9.66 Å². The van der Waals surface area contributed by atoms with Gasteiger partial charge in [-0.25, -0.2) is 0 Å². The first-order valence-electron chi connectivity index (χ1n) is 5.19. The highest BCUT2D eigenvalue weighted by Crippen LogP contribution is 2.28. The molecule has 1 rings (SSSR count). The molecule has 0 aliphatic heterocycles. The van der Waals surface area contributed by atoms with Gasteiger partial charge in [0.15, 0.2) is 5.75 Å². The number of nitrogens with two attached hydrogens (primary N) is 1. The maximum absolute atomic E-state index is 10.8. The largest absolute Gasteiger partial charge is 0.490 e. The van der Waals surface area contributed by atoms with Crippen LogP contribution in [0.4, 0.5) is 5.69 Å². The molecule has 0 heterocycles. The van der Waals surface area contributed by atoms with E-state index in [0.29, 0.717) is 5.75 Å². The minimum atomic E-state index is -0.432. The van der Waals surface area contributed by atoms with E-state index in [1.54, 1.807) is 23.9 Å². The molecule has 0 bridgehead atoms. The molecule has 0 fully saturated rings. The molecule has 0 aliphatic rings. The number of nitrogens with zero attached hydrogens (tertiary/aromatic N) is 1. The molecule has 1 unspecified atom stereocenters. The summed E-state index contributed by atoms with van der Waals surface area (Å²) in [4.78, 5) is 10.4. The molecule has 0 amide bonds. The van der Waals surface area contributed by atoms with Crippen LogP contribution in [0.5, 0.6) is 5.75 Å². The van der Waals surface area contributed by atoms with E-state index in [1.807, 2.05) is 13.0 Å². The summed E-state index contributed by atoms with van der Waals surface area (Å²) in [6, 6.07) is 5.14. The molecule has 0 aliphatic carbocycles. The molecule has 0 saturated carbocycles. The van der Waals surface area contributed by atoms with Crippen molar-refractivity contribution in [2.24, 2.45) is 5.73 Å². The highest BCUT2D eigenvalue weighted by Gasteiger charge is 2.14. The Morgan fingerprint density at radius 3 is 2.82 bits per heavy atom. The Kier molecular flexibility index (Phi) is 5.24. The van der Waals surface area contributed by atoms with E-state index in [4.69, 9.17) is 10.5 Å². The van der Waals surface area contributed by atoms with Crippen molar-refractivity contribution in [2.75, 3.05) is 12.9 Å². The van der Waals surface area contributed by atoms with Crippen LogP contribution in [0.3, 0.4) is 0 Å². The second-order valence-electron chi connectivity index (χ2n) is 3.76. The van der Waals surface area contributed by atoms with E-state index < -0.39 is 4.92 Å². The fraction of sp³-hybridized carbons (Fsp3) is 0.455. The summed E-state index contributed by atoms with van der Waals surface area (Å²) in [5.41, 5.74) is 6.54. The van der Waals surface area contributed by atoms with Gasteiger partial charge in [-0.3, -0.25) is 10.1 Å². The summed E-state index contributed by atoms with van der Waals surface area (Å²) in [6.07, 6.45) is 0. The van der Waals surface area contributed by atoms with Gasteiger partial charge in [-0.2, -0.15) is 11.8 Å². The first-order valence-corrected chi connectivity index (χ1v) is 6.34. The van der Waals surface area contributed by atoms with Crippen LogP contribution < -0.4 is 10.5 Å². The van der Waals surface area contributed by atoms with Crippen molar-refractivity contribution in [1.29, 1.82) is 0 Å². The van der Waals surface area contributed by atoms with E-state index in [-0.39, 0.29) is 17.5 Å². The first kappa shape index (κ1) is 13.8. The number of ether oxygens (including phenoxy) is 1. The Labute approximate surface area is 104 Å². The van der Waals surface area contributed by atoms with E-state index in [0.717, 1.165) is 11.3 Å². The smallest absolute Gasteiger partial charge is 0.311 e. The molecule has 17 heavy (non-hydrogen) atoms. The van der Waals surface area contributed by atoms with E-state index in [9.17, 15) is 10.1 Å². The minimum absolute atomic E-state index is 0.00592. The molecule has 1 aromatic rings. The lowest BCUT2D eigenvalue weighted by molar-refractivity contribution is -0.385. The highest BCUT2D eigenvalue weighted by molar-refractivity contribution is 7.98. The fourth-order valence-corrected chi connectivity index (χ4v) is 2.24. The summed E-state index contributed by atoms with van der Waals surface area (Å²) < 4.78 is 4.94. The Balaban J connectivity index is 2.74. The van der Waals surface area contributed by atoms with Crippen LogP contribution in [0.1, 0.15) is 12.5 Å². The second kappa shape index (κ2) is 6.46. The monoisotopic (exact) mass is 256 g/mol. The van der Waals surface area contributed by atoms with Gasteiger partial charge in [-0.05, 0) is 18.6 Å². The molecule has 0 aromatic heterocycles. The number of thioether (sulfide) groups is 1. The predicted molar refractivity (Wildman–Crippen MR) is 69.5 cm³/mol. The van der Waals surface area contributed by atoms with Gasteiger partial charge in [-0.1, -0.05) is 6.07 Å². The Morgan fingerprint density at radius 2 is 2.29 bits per heavy atom. The van der Waals surface area contributed by atoms with Gasteiger partial charge in [-0.15, -0.1) is 0 Å². The third-order valence-corrected chi connectivity index (χ3v) is 3.39. The third kappa shape index (κ3) is 4.24. The van der Waals surface area contributed by atoms with Crippen LogP contribution in [0.15, 0.2) is 18.2 Å². The average Bonchev–Trinajstić information content (AvgIpc) is 2.28. The number of nitro groups is 1. The Morgan fingerprint density at radius 1 is 1.59 bits per heavy atom. The van der Waals surface area contributed by atoms with Gasteiger partial charge in [0.1, 0.15) is 0 Å². The molecule has 5 nitrogen and oxygen atoms in total. The van der Waals surface area contributed by atoms with Crippen molar-refractivity contribution in [3.8, 4) is 5.75 Å². The maximum atomic E-state index is 10.8. The predicted octanol–water partition coefficient (Wildman–Crippen LogP) is 2.18. The van der Waals surface area contributed by atoms with Crippen LogP contribution in [-0.4, -0.2) is 23.8 Å². The van der Waals surface area contributed by atoms with Crippen molar-refractivity contribution in [3.05, 3.63) is 33.9 Å². The van der Waals surface area contributed by atoms with Crippen molar-refractivity contribution in [2.45, 2.75) is 18.7 Å². The molecule has 1 atom stereocenters. The number of rotatable bonds is 6. The van der Waals surface area contributed by atoms with E-state index in [1.165, 1.54) is 7.11 Å². The van der Waals surface area contributed by atoms with Crippen molar-refractivity contribution in [1.82, 2.24) is 0 Å². The van der Waals surface area contributed by atoms with Crippen molar-refractivity contribution in [3.63, 3.8) is 0 Å². The number of hydrogen-bond donors (Lipinski definition) is 1. The molecule has 0 radical (unpaired) electrons. The summed E-state index contributed by atoms with van der Waals surface area (Å²) in [5, 5.41) is 10.8. The summed E-state index contributed by atoms with van der Waals surface area (Å²) in [6.45, 7) is 1.93. The van der Waals surface area contributed by atoms with Gasteiger partial charge in [0.05, 0.1) is 12.0 Å². The second-order valence-corrected chi connectivity index (χ2v) is 4.79.